The first-order chi connectivity index (χ1) is 13.3. The molecule has 1 atom stereocenters. The Morgan fingerprint density at radius 2 is 1.59 bits per heavy atom. The van der Waals surface area contributed by atoms with Crippen LogP contribution in [0.25, 0.3) is 0 Å². The minimum Gasteiger partial charge on any atom is -0.486 e. The van der Waals surface area contributed by atoms with Crippen LogP contribution < -0.4 is 16.2 Å². The van der Waals surface area contributed by atoms with Gasteiger partial charge in [-0.05, 0) is 87.2 Å². The Morgan fingerprint density at radius 3 is 2.19 bits per heavy atom. The molecule has 0 aliphatic heterocycles. The van der Waals surface area contributed by atoms with Gasteiger partial charge in [-0.15, -0.1) is 0 Å². The van der Waals surface area contributed by atoms with Crippen LogP contribution in [0.2, 0.25) is 0 Å². The Labute approximate surface area is 164 Å². The van der Waals surface area contributed by atoms with Crippen molar-refractivity contribution in [3.8, 4) is 11.8 Å². The number of hydrogen-bond acceptors (Lipinski definition) is 4. The van der Waals surface area contributed by atoms with Gasteiger partial charge >= 0.3 is 0 Å². The van der Waals surface area contributed by atoms with Gasteiger partial charge in [0.25, 0.3) is 0 Å². The van der Waals surface area contributed by atoms with Gasteiger partial charge in [-0.2, -0.15) is 5.26 Å². The Bertz CT molecular complexity index is 705. The van der Waals surface area contributed by atoms with Crippen LogP contribution in [0.15, 0.2) is 42.5 Å². The van der Waals surface area contributed by atoms with E-state index >= 15 is 0 Å². The fourth-order valence-electron chi connectivity index (χ4n) is 3.28. The van der Waals surface area contributed by atoms with Crippen molar-refractivity contribution < 1.29 is 4.74 Å². The smallest absolute Gasteiger partial charge is 0.124 e. The van der Waals surface area contributed by atoms with Crippen LogP contribution in [0.5, 0.6) is 5.75 Å². The van der Waals surface area contributed by atoms with Crippen molar-refractivity contribution in [2.75, 3.05) is 14.1 Å². The van der Waals surface area contributed by atoms with Gasteiger partial charge in [-0.25, -0.2) is 0 Å². The summed E-state index contributed by atoms with van der Waals surface area (Å²) in [6.45, 7) is 2.17. The van der Waals surface area contributed by atoms with Crippen molar-refractivity contribution >= 4 is 0 Å². The summed E-state index contributed by atoms with van der Waals surface area (Å²) in [7, 11) is 3.00. The molecule has 2 aromatic rings. The molecule has 4 heteroatoms. The van der Waals surface area contributed by atoms with E-state index in [4.69, 9.17) is 10.00 Å². The summed E-state index contributed by atoms with van der Waals surface area (Å²) in [6.07, 6.45) is 7.04. The molecule has 1 unspecified atom stereocenters. The van der Waals surface area contributed by atoms with Crippen molar-refractivity contribution in [1.29, 1.82) is 5.26 Å². The number of rotatable bonds is 5. The van der Waals surface area contributed by atoms with E-state index in [9.17, 15) is 0 Å². The molecule has 3 rings (SSSR count). The number of hydrogen-bond donors (Lipinski definition) is 2. The van der Waals surface area contributed by atoms with Gasteiger partial charge in [0.1, 0.15) is 11.9 Å². The number of fused-ring (bicyclic) bond motifs is 1. The van der Waals surface area contributed by atoms with Crippen LogP contribution in [0.4, 0.5) is 0 Å². The van der Waals surface area contributed by atoms with Crippen LogP contribution in [-0.4, -0.2) is 14.1 Å². The molecule has 0 amide bonds. The molecule has 0 fully saturated rings. The van der Waals surface area contributed by atoms with Crippen molar-refractivity contribution in [1.82, 2.24) is 0 Å². The van der Waals surface area contributed by atoms with Crippen molar-refractivity contribution in [3.63, 3.8) is 0 Å². The quantitative estimate of drug-likeness (QED) is 0.814. The van der Waals surface area contributed by atoms with E-state index in [1.807, 2.05) is 24.3 Å². The zero-order valence-electron chi connectivity index (χ0n) is 16.9. The third-order valence-corrected chi connectivity index (χ3v) is 4.56. The molecule has 0 saturated heterocycles. The van der Waals surface area contributed by atoms with Gasteiger partial charge in [0.2, 0.25) is 0 Å². The molecule has 27 heavy (non-hydrogen) atoms. The Kier molecular flexibility index (Phi) is 10.9. The largest absolute Gasteiger partial charge is 0.486 e. The number of aryl methyl sites for hydroxylation is 2. The van der Waals surface area contributed by atoms with E-state index in [1.165, 1.54) is 50.9 Å². The molecule has 146 valence electrons. The molecule has 1 aliphatic rings. The van der Waals surface area contributed by atoms with Gasteiger partial charge < -0.3 is 16.2 Å². The van der Waals surface area contributed by atoms with E-state index in [2.05, 4.69) is 42.7 Å². The lowest BCUT2D eigenvalue weighted by Gasteiger charge is -2.22. The number of ether oxygens (including phenoxy) is 1. The van der Waals surface area contributed by atoms with E-state index in [0.717, 1.165) is 24.2 Å². The van der Waals surface area contributed by atoms with Crippen LogP contribution in [-0.2, 0) is 12.8 Å². The van der Waals surface area contributed by atoms with Gasteiger partial charge in [-0.3, -0.25) is 0 Å². The zero-order valence-corrected chi connectivity index (χ0v) is 16.9. The van der Waals surface area contributed by atoms with Crippen LogP contribution >= 0.6 is 0 Å². The second kappa shape index (κ2) is 12.9. The van der Waals surface area contributed by atoms with E-state index < -0.39 is 0 Å². The third kappa shape index (κ3) is 6.71. The highest BCUT2D eigenvalue weighted by atomic mass is 16.5. The molecule has 0 saturated carbocycles. The van der Waals surface area contributed by atoms with Crippen LogP contribution in [0, 0.1) is 11.3 Å². The zero-order chi connectivity index (χ0) is 20.1. The average molecular weight is 368 g/mol. The summed E-state index contributed by atoms with van der Waals surface area (Å²) in [5.41, 5.74) is 13.8. The highest BCUT2D eigenvalue weighted by molar-refractivity contribution is 5.38. The minimum absolute atomic E-state index is 0.0504. The number of benzene rings is 2. The third-order valence-electron chi connectivity index (χ3n) is 4.56. The van der Waals surface area contributed by atoms with E-state index in [1.54, 1.807) is 0 Å². The molecule has 0 heterocycles. The normalized spacial score (nSPS) is 12.9. The highest BCUT2D eigenvalue weighted by Gasteiger charge is 2.15. The number of nitrogens with two attached hydrogens (primary N) is 2. The molecule has 0 bridgehead atoms. The van der Waals surface area contributed by atoms with Gasteiger partial charge in [-0.1, -0.05) is 31.5 Å². The predicted molar refractivity (Wildman–Crippen MR) is 113 cm³/mol. The lowest BCUT2D eigenvalue weighted by Crippen LogP contribution is -2.09. The Hall–Kier alpha value is -2.35. The summed E-state index contributed by atoms with van der Waals surface area (Å²) >= 11 is 0. The molecule has 4 N–H and O–H groups in total. The summed E-state index contributed by atoms with van der Waals surface area (Å²) in [4.78, 5) is 0. The first-order valence-corrected chi connectivity index (χ1v) is 9.74. The summed E-state index contributed by atoms with van der Waals surface area (Å²) in [5.74, 6) is 0.966. The molecular weight excluding hydrogens is 334 g/mol. The maximum absolute atomic E-state index is 8.94. The molecule has 2 aromatic carbocycles. The maximum atomic E-state index is 8.94. The first kappa shape index (κ1) is 22.7. The second-order valence-electron chi connectivity index (χ2n) is 6.27. The molecule has 0 spiro atoms. The summed E-state index contributed by atoms with van der Waals surface area (Å²) < 4.78 is 6.30. The molecule has 4 nitrogen and oxygen atoms in total. The Morgan fingerprint density at radius 1 is 0.963 bits per heavy atom. The lowest BCUT2D eigenvalue weighted by molar-refractivity contribution is 0.193. The fraction of sp³-hybridized carbons (Fsp3) is 0.435. The number of nitrogens with zero attached hydrogens (tertiary/aromatic N) is 1. The Balaban J connectivity index is 0.000000855. The topological polar surface area (TPSA) is 85.1 Å². The average Bonchev–Trinajstić information content (AvgIpc) is 2.76. The maximum Gasteiger partial charge on any atom is 0.124 e. The second-order valence-corrected chi connectivity index (χ2v) is 6.27. The summed E-state index contributed by atoms with van der Waals surface area (Å²) in [6, 6.07) is 16.5. The standard InChI is InChI=1S/C21H23NO.2CH5N/c1-2-5-21(18-10-8-16(15-22)9-11-18)23-20-13-12-17-6-3-4-7-19(17)14-20;2*1-2/h8-14,21H,2-7H2,1H3;2*2H2,1H3. The SMILES string of the molecule is CCCC(Oc1ccc2c(c1)CCCC2)c1ccc(C#N)cc1.CN.CN. The van der Waals surface area contributed by atoms with E-state index in [0.29, 0.717) is 5.56 Å². The molecule has 0 aromatic heterocycles. The van der Waals surface area contributed by atoms with Crippen LogP contribution in [0.1, 0.15) is 61.0 Å². The first-order valence-electron chi connectivity index (χ1n) is 9.74. The monoisotopic (exact) mass is 367 g/mol. The fourth-order valence-corrected chi connectivity index (χ4v) is 3.28. The minimum atomic E-state index is 0.0504. The van der Waals surface area contributed by atoms with Crippen molar-refractivity contribution in [3.05, 3.63) is 64.7 Å². The van der Waals surface area contributed by atoms with E-state index in [-0.39, 0.29) is 6.10 Å². The number of nitriles is 1. The molecule has 0 radical (unpaired) electrons. The van der Waals surface area contributed by atoms with Crippen molar-refractivity contribution in [2.24, 2.45) is 11.5 Å². The predicted octanol–water partition coefficient (Wildman–Crippen LogP) is 4.51. The highest BCUT2D eigenvalue weighted by Crippen LogP contribution is 2.30. The molecular formula is C23H33N3O. The van der Waals surface area contributed by atoms with Crippen LogP contribution in [0.3, 0.4) is 0 Å². The lowest BCUT2D eigenvalue weighted by atomic mass is 9.92. The van der Waals surface area contributed by atoms with Gasteiger partial charge in [0.15, 0.2) is 0 Å². The van der Waals surface area contributed by atoms with Gasteiger partial charge in [0.05, 0.1) is 11.6 Å². The van der Waals surface area contributed by atoms with Crippen molar-refractivity contribution in [2.45, 2.75) is 51.6 Å². The molecule has 1 aliphatic carbocycles. The summed E-state index contributed by atoms with van der Waals surface area (Å²) in [5, 5.41) is 8.94. The van der Waals surface area contributed by atoms with Gasteiger partial charge in [0, 0.05) is 0 Å².